The van der Waals surface area contributed by atoms with Gasteiger partial charge in [-0.1, -0.05) is 107 Å². The normalized spacial score (nSPS) is 46.2. The molecule has 20 nitrogen and oxygen atoms in total. The zero-order chi connectivity index (χ0) is 89.5. The van der Waals surface area contributed by atoms with Crippen LogP contribution in [0.5, 0.6) is 0 Å². The van der Waals surface area contributed by atoms with Gasteiger partial charge >= 0.3 is 47.8 Å². The van der Waals surface area contributed by atoms with Gasteiger partial charge in [-0.3, -0.25) is 38.4 Å². The van der Waals surface area contributed by atoms with Crippen LogP contribution >= 0.6 is 0 Å². The molecule has 26 aliphatic carbocycles. The van der Waals surface area contributed by atoms with Crippen molar-refractivity contribution in [3.63, 3.8) is 0 Å². The summed E-state index contributed by atoms with van der Waals surface area (Å²) >= 11 is 0. The zero-order valence-corrected chi connectivity index (χ0v) is 80.6. The number of fused-ring (bicyclic) bond motifs is 42. The van der Waals surface area contributed by atoms with E-state index in [2.05, 4.69) is 0 Å². The van der Waals surface area contributed by atoms with Gasteiger partial charge in [0.15, 0.2) is 27.2 Å². The monoisotopic (exact) mass is 1930 g/mol. The minimum absolute atomic E-state index is 0. The topological polar surface area (TPSA) is 247 Å². The van der Waals surface area contributed by atoms with Crippen LogP contribution in [-0.4, -0.2) is 124 Å². The van der Waals surface area contributed by atoms with Crippen LogP contribution in [0.2, 0.25) is 0 Å². The molecule has 0 heterocycles. The maximum Gasteiger partial charge on any atom is 0.311 e. The summed E-state index contributed by atoms with van der Waals surface area (Å²) in [6.45, 7) is 21.3. The standard InChI is InChI=1S/C29H42O5.C28H42O5.C27H40O5.C26H38O5.8CH4/c1-3-14(2)28(30)34-24-12-18-11-23(24)26-21-9-17(25(18)26)10-22(21)29(31)33-13-32-27-19-5-15-4-16(7-19)8-20(27)6-15;1-4-28(2,3)27(30)33-23-12-18-11-22(23)25-20-9-17(24(18)25)10-21(20)26(29)32-14-31-13-19-8-15-5-6-16(19)7-15;1-4-27(2,3)26(29)32-22-12-17-11-20(22)24-18-9-16(23(17)24)10-19(18)25(28)31-13-30-21-8-14-5-6-15(21)7-14;1-3-13(2)25(27)31-22-11-17-10-20(22)24-18-8-16(23(17)24)9-19(18)26(28)30-12-29-21-7-14-4-5-15(21)6-14;;;;;;;;/h14-27H,3-13H2,1-2H3;15-25H,4-14H2,1-3H3;14-24H,4-13H2,1-3H3;13-24H,3-12H2,1-2H3;8*1H4. The summed E-state index contributed by atoms with van der Waals surface area (Å²) in [4.78, 5) is 102. The van der Waals surface area contributed by atoms with Gasteiger partial charge < -0.3 is 56.8 Å². The van der Waals surface area contributed by atoms with E-state index in [9.17, 15) is 38.4 Å². The molecule has 0 aromatic heterocycles. The average molecular weight is 1930 g/mol. The summed E-state index contributed by atoms with van der Waals surface area (Å²) < 4.78 is 71.0. The van der Waals surface area contributed by atoms with E-state index in [1.807, 2.05) is 69.2 Å². The molecule has 0 spiro atoms. The second kappa shape index (κ2) is 43.6. The van der Waals surface area contributed by atoms with Gasteiger partial charge in [0.1, 0.15) is 24.4 Å². The number of hydrogen-bond donors (Lipinski definition) is 0. The van der Waals surface area contributed by atoms with Crippen molar-refractivity contribution in [1.82, 2.24) is 0 Å². The molecule has 786 valence electrons. The molecule has 43 atom stereocenters. The lowest BCUT2D eigenvalue weighted by molar-refractivity contribution is -0.192. The quantitative estimate of drug-likeness (QED) is 0.0222. The van der Waals surface area contributed by atoms with Gasteiger partial charge in [0.05, 0.1) is 71.3 Å². The molecule has 26 bridgehead atoms. The highest BCUT2D eigenvalue weighted by atomic mass is 16.7. The highest BCUT2D eigenvalue weighted by Gasteiger charge is 2.72. The number of rotatable bonds is 29. The van der Waals surface area contributed by atoms with Crippen LogP contribution in [0.15, 0.2) is 0 Å². The van der Waals surface area contributed by atoms with Crippen LogP contribution in [-0.2, 0) is 95.2 Å². The molecular formula is C118H194O20. The first-order valence-electron chi connectivity index (χ1n) is 54.7. The lowest BCUT2D eigenvalue weighted by atomic mass is 9.55. The number of esters is 8. The molecular weight excluding hydrogens is 1740 g/mol. The van der Waals surface area contributed by atoms with Crippen molar-refractivity contribution in [2.45, 2.75) is 409 Å². The predicted molar refractivity (Wildman–Crippen MR) is 533 cm³/mol. The molecule has 20 heteroatoms. The molecule has 0 N–H and O–H groups in total. The number of carbonyl (C=O) groups excluding carboxylic acids is 8. The Morgan fingerprint density at radius 1 is 0.268 bits per heavy atom. The Morgan fingerprint density at radius 2 is 0.558 bits per heavy atom. The van der Waals surface area contributed by atoms with E-state index < -0.39 is 10.8 Å². The van der Waals surface area contributed by atoms with E-state index in [0.29, 0.717) is 166 Å². The largest absolute Gasteiger partial charge is 0.462 e. The number of hydrogen-bond acceptors (Lipinski definition) is 20. The van der Waals surface area contributed by atoms with Gasteiger partial charge in [0.25, 0.3) is 0 Å². The fourth-order valence-electron chi connectivity index (χ4n) is 38.3. The van der Waals surface area contributed by atoms with Crippen LogP contribution < -0.4 is 0 Å². The summed E-state index contributed by atoms with van der Waals surface area (Å²) in [5.74, 6) is 22.5. The van der Waals surface area contributed by atoms with Crippen molar-refractivity contribution in [3.8, 4) is 0 Å². The summed E-state index contributed by atoms with van der Waals surface area (Å²) in [6, 6.07) is 0. The van der Waals surface area contributed by atoms with Crippen LogP contribution in [0.25, 0.3) is 0 Å². The third-order valence-electron chi connectivity index (χ3n) is 44.6. The molecule has 138 heavy (non-hydrogen) atoms. The predicted octanol–water partition coefficient (Wildman–Crippen LogP) is 25.1. The Bertz CT molecular complexity index is 4150. The molecule has 0 saturated heterocycles. The van der Waals surface area contributed by atoms with E-state index >= 15 is 0 Å². The lowest BCUT2D eigenvalue weighted by Gasteiger charge is -2.53. The van der Waals surface area contributed by atoms with Gasteiger partial charge in [0.2, 0.25) is 0 Å². The minimum Gasteiger partial charge on any atom is -0.462 e. The molecule has 26 saturated carbocycles. The molecule has 26 aliphatic rings. The maximum absolute atomic E-state index is 13.2. The van der Waals surface area contributed by atoms with E-state index in [-0.39, 0.29) is 194 Å². The molecule has 0 radical (unpaired) electrons. The first-order valence-corrected chi connectivity index (χ1v) is 54.7. The van der Waals surface area contributed by atoms with E-state index in [1.165, 1.54) is 135 Å². The second-order valence-electron chi connectivity index (χ2n) is 51.1. The fraction of sp³-hybridized carbons (Fsp3) is 0.932. The van der Waals surface area contributed by atoms with Gasteiger partial charge in [-0.2, -0.15) is 0 Å². The van der Waals surface area contributed by atoms with E-state index in [4.69, 9.17) is 56.8 Å². The number of ether oxygens (including phenoxy) is 12. The fourth-order valence-corrected chi connectivity index (χ4v) is 38.3. The lowest BCUT2D eigenvalue weighted by Crippen LogP contribution is -2.49. The molecule has 26 rings (SSSR count). The Hall–Kier alpha value is -4.40. The van der Waals surface area contributed by atoms with Gasteiger partial charge in [0, 0.05) is 0 Å². The van der Waals surface area contributed by atoms with Crippen molar-refractivity contribution < 1.29 is 95.2 Å². The SMILES string of the molecule is C.C.C.C.C.C.C.C.CCC(C)(C)C(=O)OC1CC2CC1C1C3CC(CC3C(=O)OCOC3CC4CCC3C4)C21.CCC(C)(C)C(=O)OC1CC2CC1C1C3CC(CC3C(=O)OCOCC3CC4CCC3C4)C21.CCC(C)C(=O)OC1CC2CC1C1C3CC(CC3C(=O)OCOC3C4CC5CC(C4)CC3C5)C21.CCC(C)C(=O)OC1CC2CC1C1C3CC(CC3C(=O)OCOC3CC4CCC3C4)C21. The van der Waals surface area contributed by atoms with Crippen LogP contribution in [0.3, 0.4) is 0 Å². The molecule has 26 fully saturated rings. The number of carbonyl (C=O) groups is 8. The Morgan fingerprint density at radius 3 is 0.855 bits per heavy atom. The Kier molecular flexibility index (Phi) is 34.5. The highest BCUT2D eigenvalue weighted by molar-refractivity contribution is 5.78. The summed E-state index contributed by atoms with van der Waals surface area (Å²) in [7, 11) is 0. The third kappa shape index (κ3) is 19.7. The van der Waals surface area contributed by atoms with E-state index in [0.717, 1.165) is 169 Å². The van der Waals surface area contributed by atoms with Crippen molar-refractivity contribution in [1.29, 1.82) is 0 Å². The molecule has 0 aromatic rings. The second-order valence-corrected chi connectivity index (χ2v) is 51.1. The van der Waals surface area contributed by atoms with Crippen molar-refractivity contribution in [2.24, 2.45) is 253 Å². The highest BCUT2D eigenvalue weighted by Crippen LogP contribution is 2.74. The Balaban J connectivity index is 0.000000144. The van der Waals surface area contributed by atoms with Gasteiger partial charge in [-0.25, -0.2) is 0 Å². The van der Waals surface area contributed by atoms with Crippen LogP contribution in [0, 0.1) is 253 Å². The van der Waals surface area contributed by atoms with Gasteiger partial charge in [-0.05, 0) is 466 Å². The molecule has 0 aromatic carbocycles. The van der Waals surface area contributed by atoms with Crippen molar-refractivity contribution in [2.75, 3.05) is 33.8 Å². The average Bonchev–Trinajstić information content (AvgIpc) is 1.55. The summed E-state index contributed by atoms with van der Waals surface area (Å²) in [6.07, 6.45) is 44.4. The molecule has 43 unspecified atom stereocenters. The third-order valence-corrected chi connectivity index (χ3v) is 44.6. The van der Waals surface area contributed by atoms with Crippen molar-refractivity contribution in [3.05, 3.63) is 0 Å². The first-order chi connectivity index (χ1) is 62.7. The van der Waals surface area contributed by atoms with Crippen LogP contribution in [0.4, 0.5) is 0 Å². The van der Waals surface area contributed by atoms with Crippen LogP contribution in [0.1, 0.15) is 366 Å². The zero-order valence-electron chi connectivity index (χ0n) is 80.6. The maximum atomic E-state index is 13.2. The van der Waals surface area contributed by atoms with E-state index in [1.54, 1.807) is 0 Å². The van der Waals surface area contributed by atoms with Gasteiger partial charge in [-0.15, -0.1) is 0 Å². The Labute approximate surface area is 834 Å². The van der Waals surface area contributed by atoms with Crippen molar-refractivity contribution >= 4 is 47.8 Å². The summed E-state index contributed by atoms with van der Waals surface area (Å²) in [5.41, 5.74) is -0.832. The first kappa shape index (κ1) is 109. The smallest absolute Gasteiger partial charge is 0.311 e. The molecule has 0 aliphatic heterocycles. The minimum atomic E-state index is -0.416. The molecule has 0 amide bonds. The summed E-state index contributed by atoms with van der Waals surface area (Å²) in [5, 5.41) is 0.